The monoisotopic (exact) mass is 417 g/mol. The summed E-state index contributed by atoms with van der Waals surface area (Å²) in [6.45, 7) is 5.17. The van der Waals surface area contributed by atoms with Crippen molar-refractivity contribution >= 4 is 9.84 Å². The van der Waals surface area contributed by atoms with E-state index in [1.807, 2.05) is 0 Å². The van der Waals surface area contributed by atoms with E-state index in [1.54, 1.807) is 12.1 Å². The second kappa shape index (κ2) is 8.34. The molecule has 7 heteroatoms. The highest BCUT2D eigenvalue weighted by atomic mass is 32.2. The Morgan fingerprint density at radius 3 is 2.04 bits per heavy atom. The van der Waals surface area contributed by atoms with E-state index in [0.29, 0.717) is 0 Å². The molecule has 2 fully saturated rings. The van der Waals surface area contributed by atoms with Gasteiger partial charge in [-0.25, -0.2) is 8.42 Å². The third-order valence-electron chi connectivity index (χ3n) is 6.39. The molecule has 28 heavy (non-hydrogen) atoms. The molecule has 1 aromatic carbocycles. The molecule has 0 radical (unpaired) electrons. The maximum absolute atomic E-state index is 13.3. The number of hydrogen-bond donors (Lipinski definition) is 0. The molecule has 2 atom stereocenters. The molecule has 158 valence electrons. The molecule has 0 N–H and O–H groups in total. The van der Waals surface area contributed by atoms with Gasteiger partial charge in [0.05, 0.1) is 11.7 Å². The van der Waals surface area contributed by atoms with Crippen LogP contribution in [-0.4, -0.2) is 44.6 Å². The molecule has 1 unspecified atom stereocenters. The van der Waals surface area contributed by atoms with Crippen molar-refractivity contribution in [3.63, 3.8) is 0 Å². The summed E-state index contributed by atoms with van der Waals surface area (Å²) in [6.07, 6.45) is 1.41. The predicted molar refractivity (Wildman–Crippen MR) is 105 cm³/mol. The molecule has 0 aromatic heterocycles. The summed E-state index contributed by atoms with van der Waals surface area (Å²) in [4.78, 5) is 2.36. The number of piperidine rings is 1. The van der Waals surface area contributed by atoms with E-state index < -0.39 is 27.7 Å². The average Bonchev–Trinajstić information content (AvgIpc) is 3.44. The van der Waals surface area contributed by atoms with Crippen LogP contribution in [0.1, 0.15) is 49.7 Å². The smallest absolute Gasteiger partial charge is 0.299 e. The number of halogens is 3. The van der Waals surface area contributed by atoms with Crippen molar-refractivity contribution < 1.29 is 21.6 Å². The van der Waals surface area contributed by atoms with E-state index in [4.69, 9.17) is 0 Å². The summed E-state index contributed by atoms with van der Waals surface area (Å²) in [5, 5.41) is 0. The number of benzene rings is 1. The summed E-state index contributed by atoms with van der Waals surface area (Å²) in [6, 6.07) is 6.27. The first-order chi connectivity index (χ1) is 13.0. The predicted octanol–water partition coefficient (Wildman–Crippen LogP) is 4.64. The van der Waals surface area contributed by atoms with Gasteiger partial charge >= 0.3 is 6.18 Å². The number of alkyl halides is 3. The molecule has 2 aliphatic rings. The highest BCUT2D eigenvalue weighted by molar-refractivity contribution is 7.90. The van der Waals surface area contributed by atoms with Gasteiger partial charge in [-0.1, -0.05) is 31.2 Å². The Morgan fingerprint density at radius 1 is 1.04 bits per heavy atom. The standard InChI is InChI=1S/C21H30F3NO2S/c1-15(17-7-8-17)18-9-11-25(12-10-18)13-16-3-5-19(6-4-16)20(21(22,23)24)14-28(2,26)27/h3-6,15,17-18,20H,7-14H2,1-2H3/t15?,20-/m0/s1. The van der Waals surface area contributed by atoms with Gasteiger partial charge in [-0.15, -0.1) is 0 Å². The Bertz CT molecular complexity index is 749. The largest absolute Gasteiger partial charge is 0.396 e. The van der Waals surface area contributed by atoms with E-state index in [0.717, 1.165) is 49.2 Å². The number of likely N-dealkylation sites (tertiary alicyclic amines) is 1. The van der Waals surface area contributed by atoms with Gasteiger partial charge in [0.2, 0.25) is 0 Å². The maximum atomic E-state index is 13.3. The molecular weight excluding hydrogens is 387 g/mol. The van der Waals surface area contributed by atoms with E-state index in [-0.39, 0.29) is 5.56 Å². The third kappa shape index (κ3) is 5.96. The molecule has 0 amide bonds. The van der Waals surface area contributed by atoms with Gasteiger partial charge in [-0.3, -0.25) is 4.90 Å². The number of rotatable bonds is 7. The molecule has 0 bridgehead atoms. The lowest BCUT2D eigenvalue weighted by Gasteiger charge is -2.35. The lowest BCUT2D eigenvalue weighted by atomic mass is 9.82. The van der Waals surface area contributed by atoms with Crippen molar-refractivity contribution in [1.82, 2.24) is 4.90 Å². The summed E-state index contributed by atoms with van der Waals surface area (Å²) in [5.74, 6) is -0.346. The molecule has 1 aromatic rings. The molecule has 1 aliphatic heterocycles. The average molecular weight is 418 g/mol. The summed E-state index contributed by atoms with van der Waals surface area (Å²) < 4.78 is 62.7. The Labute approximate surface area is 166 Å². The van der Waals surface area contributed by atoms with Crippen LogP contribution in [-0.2, 0) is 16.4 Å². The van der Waals surface area contributed by atoms with Crippen molar-refractivity contribution in [3.8, 4) is 0 Å². The van der Waals surface area contributed by atoms with Crippen LogP contribution in [0.15, 0.2) is 24.3 Å². The fraction of sp³-hybridized carbons (Fsp3) is 0.714. The van der Waals surface area contributed by atoms with Gasteiger partial charge < -0.3 is 0 Å². The first-order valence-corrected chi connectivity index (χ1v) is 12.1. The van der Waals surface area contributed by atoms with Crippen LogP contribution in [0, 0.1) is 17.8 Å². The number of sulfone groups is 1. The topological polar surface area (TPSA) is 37.4 Å². The van der Waals surface area contributed by atoms with E-state index >= 15 is 0 Å². The van der Waals surface area contributed by atoms with Crippen LogP contribution in [0.2, 0.25) is 0 Å². The van der Waals surface area contributed by atoms with E-state index in [2.05, 4.69) is 11.8 Å². The van der Waals surface area contributed by atoms with Crippen molar-refractivity contribution in [1.29, 1.82) is 0 Å². The SMILES string of the molecule is CC(C1CC1)C1CCN(Cc2ccc([C@H](CS(C)(=O)=O)C(F)(F)F)cc2)CC1. The normalized spacial score (nSPS) is 22.2. The molecule has 1 saturated heterocycles. The molecule has 1 heterocycles. The van der Waals surface area contributed by atoms with Crippen LogP contribution in [0.25, 0.3) is 0 Å². The van der Waals surface area contributed by atoms with Crippen LogP contribution >= 0.6 is 0 Å². The summed E-state index contributed by atoms with van der Waals surface area (Å²) >= 11 is 0. The molecule has 1 aliphatic carbocycles. The first-order valence-electron chi connectivity index (χ1n) is 10.1. The molecule has 0 spiro atoms. The van der Waals surface area contributed by atoms with Crippen LogP contribution in [0.3, 0.4) is 0 Å². The van der Waals surface area contributed by atoms with Crippen molar-refractivity contribution in [3.05, 3.63) is 35.4 Å². The lowest BCUT2D eigenvalue weighted by Crippen LogP contribution is -2.35. The van der Waals surface area contributed by atoms with Gasteiger partial charge in [0, 0.05) is 12.8 Å². The fourth-order valence-corrected chi connectivity index (χ4v) is 5.43. The number of hydrogen-bond acceptors (Lipinski definition) is 3. The minimum atomic E-state index is -4.58. The Hall–Kier alpha value is -1.08. The van der Waals surface area contributed by atoms with Crippen LogP contribution < -0.4 is 0 Å². The Kier molecular flexibility index (Phi) is 6.44. The zero-order chi connectivity index (χ0) is 20.5. The molecule has 1 saturated carbocycles. The van der Waals surface area contributed by atoms with Crippen LogP contribution in [0.5, 0.6) is 0 Å². The fourth-order valence-electron chi connectivity index (χ4n) is 4.44. The van der Waals surface area contributed by atoms with Gasteiger partial charge in [0.15, 0.2) is 0 Å². The van der Waals surface area contributed by atoms with Crippen molar-refractivity contribution in [2.75, 3.05) is 25.1 Å². The van der Waals surface area contributed by atoms with Gasteiger partial charge in [0.1, 0.15) is 9.84 Å². The molecular formula is C21H30F3NO2S. The summed E-state index contributed by atoms with van der Waals surface area (Å²) in [7, 11) is -3.73. The Morgan fingerprint density at radius 2 is 1.57 bits per heavy atom. The highest BCUT2D eigenvalue weighted by Gasteiger charge is 2.42. The minimum absolute atomic E-state index is 0.0126. The highest BCUT2D eigenvalue weighted by Crippen LogP contribution is 2.43. The lowest BCUT2D eigenvalue weighted by molar-refractivity contribution is -0.145. The van der Waals surface area contributed by atoms with Crippen LogP contribution in [0.4, 0.5) is 13.2 Å². The van der Waals surface area contributed by atoms with Crippen molar-refractivity contribution in [2.24, 2.45) is 17.8 Å². The Balaban J connectivity index is 1.58. The second-order valence-corrected chi connectivity index (χ2v) is 10.9. The molecule has 3 nitrogen and oxygen atoms in total. The van der Waals surface area contributed by atoms with Gasteiger partial charge in [-0.05, 0) is 67.7 Å². The quantitative estimate of drug-likeness (QED) is 0.649. The van der Waals surface area contributed by atoms with E-state index in [1.165, 1.54) is 37.8 Å². The van der Waals surface area contributed by atoms with E-state index in [9.17, 15) is 21.6 Å². The second-order valence-electron chi connectivity index (χ2n) is 8.74. The first kappa shape index (κ1) is 21.6. The summed E-state index contributed by atoms with van der Waals surface area (Å²) in [5.41, 5.74) is 0.983. The third-order valence-corrected chi connectivity index (χ3v) is 7.33. The number of nitrogens with zero attached hydrogens (tertiary/aromatic N) is 1. The van der Waals surface area contributed by atoms with Crippen molar-refractivity contribution in [2.45, 2.75) is 51.2 Å². The zero-order valence-corrected chi connectivity index (χ0v) is 17.4. The van der Waals surface area contributed by atoms with Gasteiger partial charge in [0.25, 0.3) is 0 Å². The minimum Gasteiger partial charge on any atom is -0.299 e. The maximum Gasteiger partial charge on any atom is 0.396 e. The molecule has 3 rings (SSSR count). The zero-order valence-electron chi connectivity index (χ0n) is 16.6. The van der Waals surface area contributed by atoms with Gasteiger partial charge in [-0.2, -0.15) is 13.2 Å².